The molecule has 0 atom stereocenters. The third-order valence-electron chi connectivity index (χ3n) is 3.03. The maximum Gasteiger partial charge on any atom is 0.272 e. The van der Waals surface area contributed by atoms with Crippen molar-refractivity contribution < 1.29 is 9.53 Å². The van der Waals surface area contributed by atoms with E-state index >= 15 is 0 Å². The zero-order valence-corrected chi connectivity index (χ0v) is 10.4. The molecule has 0 spiro atoms. The van der Waals surface area contributed by atoms with Crippen LogP contribution in [0.4, 0.5) is 0 Å². The second kappa shape index (κ2) is 5.19. The predicted octanol–water partition coefficient (Wildman–Crippen LogP) is 0.740. The minimum absolute atomic E-state index is 0.0580. The molecule has 6 nitrogen and oxygen atoms in total. The van der Waals surface area contributed by atoms with Crippen molar-refractivity contribution in [3.05, 3.63) is 42.5 Å². The number of carbonyl (C=O) groups is 1. The highest BCUT2D eigenvalue weighted by molar-refractivity contribution is 5.92. The van der Waals surface area contributed by atoms with Crippen molar-refractivity contribution in [2.24, 2.45) is 0 Å². The van der Waals surface area contributed by atoms with Gasteiger partial charge in [-0.2, -0.15) is 5.10 Å². The Kier molecular flexibility index (Phi) is 3.24. The zero-order valence-electron chi connectivity index (χ0n) is 10.4. The summed E-state index contributed by atoms with van der Waals surface area (Å²) in [4.78, 5) is 18.2. The van der Waals surface area contributed by atoms with Crippen LogP contribution in [0.3, 0.4) is 0 Å². The van der Waals surface area contributed by atoms with Gasteiger partial charge < -0.3 is 9.64 Å². The second-order valence-electron chi connectivity index (χ2n) is 4.25. The maximum atomic E-state index is 12.3. The topological polar surface area (TPSA) is 60.2 Å². The molecule has 19 heavy (non-hydrogen) atoms. The van der Waals surface area contributed by atoms with Crippen molar-refractivity contribution in [2.75, 3.05) is 26.3 Å². The Morgan fingerprint density at radius 1 is 1.26 bits per heavy atom. The van der Waals surface area contributed by atoms with Crippen molar-refractivity contribution >= 4 is 5.91 Å². The molecule has 0 aliphatic carbocycles. The Morgan fingerprint density at radius 2 is 2.11 bits per heavy atom. The normalized spacial score (nSPS) is 15.5. The number of rotatable bonds is 2. The highest BCUT2D eigenvalue weighted by atomic mass is 16.5. The summed E-state index contributed by atoms with van der Waals surface area (Å²) in [6.07, 6.45) is 5.16. The highest BCUT2D eigenvalue weighted by Crippen LogP contribution is 2.10. The highest BCUT2D eigenvalue weighted by Gasteiger charge is 2.19. The number of ether oxygens (including phenoxy) is 1. The molecular formula is C13H14N4O2. The Morgan fingerprint density at radius 3 is 2.84 bits per heavy atom. The lowest BCUT2D eigenvalue weighted by molar-refractivity contribution is 0.0299. The summed E-state index contributed by atoms with van der Waals surface area (Å²) in [7, 11) is 0. The minimum Gasteiger partial charge on any atom is -0.378 e. The first-order valence-corrected chi connectivity index (χ1v) is 6.18. The summed E-state index contributed by atoms with van der Waals surface area (Å²) in [5.74, 6) is -0.0580. The summed E-state index contributed by atoms with van der Waals surface area (Å²) in [5.41, 5.74) is 1.27. The van der Waals surface area contributed by atoms with Crippen LogP contribution in [0, 0.1) is 0 Å². The van der Waals surface area contributed by atoms with Crippen molar-refractivity contribution in [1.29, 1.82) is 0 Å². The van der Waals surface area contributed by atoms with Gasteiger partial charge in [-0.1, -0.05) is 0 Å². The van der Waals surface area contributed by atoms with Gasteiger partial charge in [-0.25, -0.2) is 4.68 Å². The number of hydrogen-bond donors (Lipinski definition) is 0. The predicted molar refractivity (Wildman–Crippen MR) is 68.1 cm³/mol. The molecule has 1 saturated heterocycles. The lowest BCUT2D eigenvalue weighted by Gasteiger charge is -2.26. The molecule has 3 rings (SSSR count). The molecule has 0 unspecified atom stereocenters. The zero-order chi connectivity index (χ0) is 13.1. The van der Waals surface area contributed by atoms with E-state index in [2.05, 4.69) is 10.1 Å². The van der Waals surface area contributed by atoms with Crippen LogP contribution in [0.25, 0.3) is 5.69 Å². The molecule has 0 N–H and O–H groups in total. The first kappa shape index (κ1) is 11.9. The van der Waals surface area contributed by atoms with E-state index in [0.717, 1.165) is 5.69 Å². The third-order valence-corrected chi connectivity index (χ3v) is 3.03. The number of hydrogen-bond acceptors (Lipinski definition) is 4. The summed E-state index contributed by atoms with van der Waals surface area (Å²) in [6, 6.07) is 5.41. The third kappa shape index (κ3) is 2.48. The molecule has 1 fully saturated rings. The number of carbonyl (C=O) groups excluding carboxylic acids is 1. The number of amides is 1. The van der Waals surface area contributed by atoms with Gasteiger partial charge in [0.25, 0.3) is 5.91 Å². The van der Waals surface area contributed by atoms with E-state index in [0.29, 0.717) is 32.0 Å². The van der Waals surface area contributed by atoms with E-state index in [4.69, 9.17) is 4.74 Å². The summed E-state index contributed by atoms with van der Waals surface area (Å²) >= 11 is 0. The van der Waals surface area contributed by atoms with Crippen LogP contribution < -0.4 is 0 Å². The minimum atomic E-state index is -0.0580. The molecule has 1 aliphatic rings. The Bertz CT molecular complexity index is 562. The van der Waals surface area contributed by atoms with Crippen LogP contribution in [-0.4, -0.2) is 51.9 Å². The van der Waals surface area contributed by atoms with Gasteiger partial charge >= 0.3 is 0 Å². The molecule has 0 bridgehead atoms. The summed E-state index contributed by atoms with van der Waals surface area (Å²) in [5, 5.41) is 4.14. The van der Waals surface area contributed by atoms with E-state index in [1.165, 1.54) is 0 Å². The van der Waals surface area contributed by atoms with Gasteiger partial charge in [-0.3, -0.25) is 9.78 Å². The lowest BCUT2D eigenvalue weighted by Crippen LogP contribution is -2.41. The van der Waals surface area contributed by atoms with Crippen LogP contribution in [0.2, 0.25) is 0 Å². The van der Waals surface area contributed by atoms with Crippen LogP contribution in [-0.2, 0) is 4.74 Å². The first-order valence-electron chi connectivity index (χ1n) is 6.18. The van der Waals surface area contributed by atoms with E-state index in [1.54, 1.807) is 28.0 Å². The fourth-order valence-corrected chi connectivity index (χ4v) is 2.03. The number of nitrogens with zero attached hydrogens (tertiary/aromatic N) is 4. The second-order valence-corrected chi connectivity index (χ2v) is 4.25. The van der Waals surface area contributed by atoms with E-state index in [1.807, 2.05) is 18.3 Å². The molecule has 6 heteroatoms. The van der Waals surface area contributed by atoms with Gasteiger partial charge in [-0.05, 0) is 18.2 Å². The monoisotopic (exact) mass is 258 g/mol. The summed E-state index contributed by atoms with van der Waals surface area (Å²) in [6.45, 7) is 2.41. The average Bonchev–Trinajstić information content (AvgIpc) is 3.02. The molecule has 2 aromatic heterocycles. The molecule has 3 heterocycles. The van der Waals surface area contributed by atoms with Gasteiger partial charge in [0.05, 0.1) is 18.9 Å². The number of aromatic nitrogens is 3. The van der Waals surface area contributed by atoms with Gasteiger partial charge in [0, 0.05) is 31.7 Å². The smallest absolute Gasteiger partial charge is 0.272 e. The van der Waals surface area contributed by atoms with Gasteiger partial charge in [0.15, 0.2) is 0 Å². The number of pyridine rings is 1. The molecule has 0 saturated carbocycles. The van der Waals surface area contributed by atoms with E-state index in [9.17, 15) is 4.79 Å². The van der Waals surface area contributed by atoms with Gasteiger partial charge in [0.1, 0.15) is 5.69 Å². The number of morpholine rings is 1. The largest absolute Gasteiger partial charge is 0.378 e. The molecule has 98 valence electrons. The molecular weight excluding hydrogens is 244 g/mol. The fourth-order valence-electron chi connectivity index (χ4n) is 2.03. The molecule has 2 aromatic rings. The quantitative estimate of drug-likeness (QED) is 0.797. The van der Waals surface area contributed by atoms with Crippen molar-refractivity contribution in [2.45, 2.75) is 0 Å². The molecule has 0 radical (unpaired) electrons. The lowest BCUT2D eigenvalue weighted by atomic mass is 10.2. The summed E-state index contributed by atoms with van der Waals surface area (Å²) < 4.78 is 6.95. The van der Waals surface area contributed by atoms with Gasteiger partial charge in [-0.15, -0.1) is 0 Å². The Labute approximate surface area is 110 Å². The maximum absolute atomic E-state index is 12.3. The van der Waals surface area contributed by atoms with E-state index in [-0.39, 0.29) is 5.91 Å². The first-order chi connectivity index (χ1) is 9.34. The Hall–Kier alpha value is -2.21. The van der Waals surface area contributed by atoms with Gasteiger partial charge in [0.2, 0.25) is 0 Å². The molecule has 1 aliphatic heterocycles. The van der Waals surface area contributed by atoms with E-state index < -0.39 is 0 Å². The van der Waals surface area contributed by atoms with Crippen molar-refractivity contribution in [3.63, 3.8) is 0 Å². The SMILES string of the molecule is O=C(c1cc(-n2cccn2)ccn1)N1CCOCC1. The van der Waals surface area contributed by atoms with Crippen LogP contribution in [0.15, 0.2) is 36.8 Å². The Balaban J connectivity index is 1.84. The van der Waals surface area contributed by atoms with Crippen LogP contribution in [0.1, 0.15) is 10.5 Å². The standard InChI is InChI=1S/C13H14N4O2/c18-13(16-6-8-19-9-7-16)12-10-11(2-4-14-12)17-5-1-3-15-17/h1-5,10H,6-9H2. The van der Waals surface area contributed by atoms with Crippen LogP contribution >= 0.6 is 0 Å². The average molecular weight is 258 g/mol. The molecule has 0 aromatic carbocycles. The van der Waals surface area contributed by atoms with Crippen LogP contribution in [0.5, 0.6) is 0 Å². The van der Waals surface area contributed by atoms with Crippen molar-refractivity contribution in [3.8, 4) is 5.69 Å². The molecule has 1 amide bonds. The fraction of sp³-hybridized carbons (Fsp3) is 0.308. The van der Waals surface area contributed by atoms with Crippen molar-refractivity contribution in [1.82, 2.24) is 19.7 Å².